The molecule has 0 saturated carbocycles. The number of benzene rings is 2. The van der Waals surface area contributed by atoms with Gasteiger partial charge in [-0.25, -0.2) is 0 Å². The number of aliphatic hydroxyl groups is 1. The van der Waals surface area contributed by atoms with Gasteiger partial charge in [-0.15, -0.1) is 0 Å². The molecule has 3 heterocycles. The van der Waals surface area contributed by atoms with E-state index in [0.717, 1.165) is 0 Å². The van der Waals surface area contributed by atoms with Gasteiger partial charge in [-0.05, 0) is 81.1 Å². The van der Waals surface area contributed by atoms with Crippen LogP contribution in [0.2, 0.25) is 5.02 Å². The number of fused-ring (bicyclic) bond motifs is 1. The molecule has 2 aromatic carbocycles. The fourth-order valence-corrected chi connectivity index (χ4v) is 6.93. The second-order valence-corrected chi connectivity index (χ2v) is 11.8. The molecular formula is C30H36ClN3O6. The maximum atomic E-state index is 14.3. The van der Waals surface area contributed by atoms with Gasteiger partial charge in [-0.2, -0.15) is 0 Å². The fraction of sp³-hybridized carbons (Fsp3) is 0.500. The Morgan fingerprint density at radius 3 is 2.25 bits per heavy atom. The molecule has 3 aliphatic rings. The van der Waals surface area contributed by atoms with Crippen LogP contribution in [0.25, 0.3) is 0 Å². The second-order valence-electron chi connectivity index (χ2n) is 11.4. The lowest BCUT2D eigenvalue weighted by molar-refractivity contribution is -0.148. The maximum absolute atomic E-state index is 14.3. The molecule has 3 fully saturated rings. The number of anilines is 2. The van der Waals surface area contributed by atoms with Crippen molar-refractivity contribution in [2.24, 2.45) is 17.8 Å². The Morgan fingerprint density at radius 1 is 1.07 bits per heavy atom. The average Bonchev–Trinajstić information content (AvgIpc) is 3.48. The number of rotatable bonds is 9. The first-order chi connectivity index (χ1) is 19.0. The van der Waals surface area contributed by atoms with E-state index < -0.39 is 41.0 Å². The lowest BCUT2D eigenvalue weighted by Crippen LogP contribution is -2.57. The van der Waals surface area contributed by atoms with Crippen LogP contribution in [-0.2, 0) is 19.1 Å². The summed E-state index contributed by atoms with van der Waals surface area (Å²) in [7, 11) is 0. The number of hydrogen-bond donors (Lipinski definition) is 3. The zero-order valence-corrected chi connectivity index (χ0v) is 23.9. The largest absolute Gasteiger partial charge is 0.494 e. The summed E-state index contributed by atoms with van der Waals surface area (Å²) >= 11 is 6.02. The molecule has 3 N–H and O–H groups in total. The standard InChI is InChI=1S/C30H36ClN3O6/c1-5-39-21-12-10-20(11-13-21)32-26(36)23-24-28(38)34(22(16-35)17(2)3)25(30(24)15-14-29(23,4)40-30)27(37)33-19-8-6-18(31)7-9-19/h6-13,17,22-25,35H,5,14-16H2,1-4H3,(H,32,36)(H,33,37)/t22-,23-,24-,25?,29+,30?/m0/s1. The Labute approximate surface area is 239 Å². The summed E-state index contributed by atoms with van der Waals surface area (Å²) < 4.78 is 12.1. The molecule has 3 amide bonds. The summed E-state index contributed by atoms with van der Waals surface area (Å²) in [5, 5.41) is 16.7. The Morgan fingerprint density at radius 2 is 1.68 bits per heavy atom. The molecule has 2 bridgehead atoms. The number of halogens is 1. The number of nitrogens with one attached hydrogen (secondary N) is 2. The Bertz CT molecular complexity index is 1290. The SMILES string of the molecule is CCOc1ccc(NC(=O)[C@@H]2[C@H]3C(=O)N([C@@H](CO)C(C)C)C(C(=O)Nc4ccc(Cl)cc4)C34CC[C@@]2(C)O4)cc1. The molecule has 5 rings (SSSR count). The van der Waals surface area contributed by atoms with Crippen molar-refractivity contribution < 1.29 is 29.0 Å². The number of likely N-dealkylation sites (tertiary alicyclic amines) is 1. The van der Waals surface area contributed by atoms with Gasteiger partial charge in [0.25, 0.3) is 0 Å². The molecule has 0 aliphatic carbocycles. The first kappa shape index (κ1) is 28.4. The van der Waals surface area contributed by atoms with Crippen molar-refractivity contribution in [3.05, 3.63) is 53.6 Å². The lowest BCUT2D eigenvalue weighted by atomic mass is 9.66. The molecule has 6 atom stereocenters. The van der Waals surface area contributed by atoms with Crippen molar-refractivity contribution in [2.45, 2.75) is 63.8 Å². The summed E-state index contributed by atoms with van der Waals surface area (Å²) in [6.07, 6.45) is 0.959. The average molecular weight is 570 g/mol. The van der Waals surface area contributed by atoms with Crippen LogP contribution >= 0.6 is 11.6 Å². The smallest absolute Gasteiger partial charge is 0.250 e. The topological polar surface area (TPSA) is 117 Å². The van der Waals surface area contributed by atoms with Gasteiger partial charge in [-0.1, -0.05) is 25.4 Å². The number of hydrogen-bond acceptors (Lipinski definition) is 6. The molecule has 1 spiro atoms. The Hall–Kier alpha value is -3.14. The Balaban J connectivity index is 1.50. The predicted octanol–water partition coefficient (Wildman–Crippen LogP) is 4.10. The van der Waals surface area contributed by atoms with Gasteiger partial charge in [0, 0.05) is 16.4 Å². The van der Waals surface area contributed by atoms with Crippen molar-refractivity contribution in [2.75, 3.05) is 23.8 Å². The number of carbonyl (C=O) groups excluding carboxylic acids is 3. The first-order valence-corrected chi connectivity index (χ1v) is 14.2. The summed E-state index contributed by atoms with van der Waals surface area (Å²) in [6, 6.07) is 12.1. The molecule has 3 saturated heterocycles. The minimum atomic E-state index is -1.20. The van der Waals surface area contributed by atoms with E-state index in [0.29, 0.717) is 41.6 Å². The third kappa shape index (κ3) is 4.63. The number of ether oxygens (including phenoxy) is 2. The van der Waals surface area contributed by atoms with Crippen molar-refractivity contribution in [3.8, 4) is 5.75 Å². The normalized spacial score (nSPS) is 29.4. The van der Waals surface area contributed by atoms with E-state index in [1.54, 1.807) is 48.5 Å². The van der Waals surface area contributed by atoms with E-state index >= 15 is 0 Å². The van der Waals surface area contributed by atoms with Gasteiger partial charge >= 0.3 is 0 Å². The van der Waals surface area contributed by atoms with Crippen molar-refractivity contribution in [1.82, 2.24) is 4.90 Å². The van der Waals surface area contributed by atoms with Gasteiger partial charge in [0.2, 0.25) is 17.7 Å². The number of carbonyl (C=O) groups is 3. The first-order valence-electron chi connectivity index (χ1n) is 13.8. The van der Waals surface area contributed by atoms with E-state index in [1.165, 1.54) is 4.90 Å². The lowest BCUT2D eigenvalue weighted by Gasteiger charge is -2.38. The molecule has 40 heavy (non-hydrogen) atoms. The van der Waals surface area contributed by atoms with Crippen molar-refractivity contribution >= 4 is 40.7 Å². The molecule has 9 nitrogen and oxygen atoms in total. The van der Waals surface area contributed by atoms with E-state index in [9.17, 15) is 19.5 Å². The summed E-state index contributed by atoms with van der Waals surface area (Å²) in [4.78, 5) is 43.5. The molecule has 10 heteroatoms. The van der Waals surface area contributed by atoms with Gasteiger partial charge in [-0.3, -0.25) is 14.4 Å². The van der Waals surface area contributed by atoms with Crippen molar-refractivity contribution in [3.63, 3.8) is 0 Å². The second kappa shape index (κ2) is 10.7. The molecule has 214 valence electrons. The number of nitrogens with zero attached hydrogens (tertiary/aromatic N) is 1. The van der Waals surface area contributed by atoms with Gasteiger partial charge in [0.15, 0.2) is 0 Å². The van der Waals surface area contributed by atoms with Gasteiger partial charge < -0.3 is 30.1 Å². The van der Waals surface area contributed by atoms with Crippen LogP contribution in [0, 0.1) is 17.8 Å². The van der Waals surface area contributed by atoms with E-state index in [-0.39, 0.29) is 24.3 Å². The van der Waals surface area contributed by atoms with Crippen LogP contribution in [-0.4, -0.2) is 64.2 Å². The zero-order chi connectivity index (χ0) is 28.8. The highest BCUT2D eigenvalue weighted by Crippen LogP contribution is 2.63. The highest BCUT2D eigenvalue weighted by Gasteiger charge is 2.78. The highest BCUT2D eigenvalue weighted by atomic mass is 35.5. The van der Waals surface area contributed by atoms with E-state index in [2.05, 4.69) is 10.6 Å². The maximum Gasteiger partial charge on any atom is 0.250 e. The molecule has 0 radical (unpaired) electrons. The zero-order valence-electron chi connectivity index (χ0n) is 23.1. The van der Waals surface area contributed by atoms with Crippen LogP contribution < -0.4 is 15.4 Å². The third-order valence-electron chi connectivity index (χ3n) is 8.60. The van der Waals surface area contributed by atoms with Crippen LogP contribution in [0.1, 0.15) is 40.5 Å². The molecule has 3 aliphatic heterocycles. The molecular weight excluding hydrogens is 534 g/mol. The summed E-state index contributed by atoms with van der Waals surface area (Å²) in [5.41, 5.74) is -1.03. The van der Waals surface area contributed by atoms with Crippen LogP contribution in [0.5, 0.6) is 5.75 Å². The third-order valence-corrected chi connectivity index (χ3v) is 8.86. The Kier molecular flexibility index (Phi) is 7.58. The molecule has 2 aromatic rings. The number of aliphatic hydroxyl groups excluding tert-OH is 1. The monoisotopic (exact) mass is 569 g/mol. The number of amides is 3. The van der Waals surface area contributed by atoms with E-state index in [1.807, 2.05) is 27.7 Å². The van der Waals surface area contributed by atoms with Gasteiger partial charge in [0.05, 0.1) is 36.7 Å². The van der Waals surface area contributed by atoms with Crippen LogP contribution in [0.4, 0.5) is 11.4 Å². The fourth-order valence-electron chi connectivity index (χ4n) is 6.81. The van der Waals surface area contributed by atoms with Crippen LogP contribution in [0.15, 0.2) is 48.5 Å². The van der Waals surface area contributed by atoms with Crippen molar-refractivity contribution in [1.29, 1.82) is 0 Å². The minimum Gasteiger partial charge on any atom is -0.494 e. The molecule has 2 unspecified atom stereocenters. The quantitative estimate of drug-likeness (QED) is 0.419. The van der Waals surface area contributed by atoms with Gasteiger partial charge in [0.1, 0.15) is 17.4 Å². The van der Waals surface area contributed by atoms with Crippen LogP contribution in [0.3, 0.4) is 0 Å². The summed E-state index contributed by atoms with van der Waals surface area (Å²) in [5.74, 6) is -2.25. The highest BCUT2D eigenvalue weighted by molar-refractivity contribution is 6.30. The van der Waals surface area contributed by atoms with E-state index in [4.69, 9.17) is 21.1 Å². The minimum absolute atomic E-state index is 0.140. The molecule has 0 aromatic heterocycles. The summed E-state index contributed by atoms with van der Waals surface area (Å²) in [6.45, 7) is 7.74. The predicted molar refractivity (Wildman–Crippen MR) is 151 cm³/mol.